The summed E-state index contributed by atoms with van der Waals surface area (Å²) in [6.07, 6.45) is 0.908. The highest BCUT2D eigenvalue weighted by Crippen LogP contribution is 2.31. The lowest BCUT2D eigenvalue weighted by Gasteiger charge is -2.34. The number of carbonyl (C=O) groups is 1. The highest BCUT2D eigenvalue weighted by molar-refractivity contribution is 5.69. The highest BCUT2D eigenvalue weighted by Gasteiger charge is 2.33. The molecule has 17 heavy (non-hydrogen) atoms. The first-order valence-electron chi connectivity index (χ1n) is 5.96. The Morgan fingerprint density at radius 1 is 1.35 bits per heavy atom. The molecule has 0 amide bonds. The molecule has 3 heteroatoms. The van der Waals surface area contributed by atoms with Gasteiger partial charge < -0.3 is 10.4 Å². The second-order valence-electron chi connectivity index (χ2n) is 4.87. The largest absolute Gasteiger partial charge is 0.481 e. The number of benzene rings is 1. The van der Waals surface area contributed by atoms with Crippen LogP contribution in [0, 0.1) is 5.92 Å². The number of hydrogen-bond donors (Lipinski definition) is 2. The molecule has 1 atom stereocenters. The Bertz CT molecular complexity index is 362. The third kappa shape index (κ3) is 3.56. The molecule has 1 rings (SSSR count). The van der Waals surface area contributed by atoms with Crippen LogP contribution in [0.2, 0.25) is 0 Å². The lowest BCUT2D eigenvalue weighted by molar-refractivity contribution is -0.139. The summed E-state index contributed by atoms with van der Waals surface area (Å²) >= 11 is 0. The summed E-state index contributed by atoms with van der Waals surface area (Å²) in [5.41, 5.74) is 0.569. The van der Waals surface area contributed by atoms with Crippen LogP contribution >= 0.6 is 0 Å². The van der Waals surface area contributed by atoms with Crippen LogP contribution < -0.4 is 5.32 Å². The van der Waals surface area contributed by atoms with E-state index in [0.717, 1.165) is 12.0 Å². The van der Waals surface area contributed by atoms with Crippen molar-refractivity contribution < 1.29 is 9.90 Å². The van der Waals surface area contributed by atoms with Gasteiger partial charge in [0, 0.05) is 0 Å². The quantitative estimate of drug-likeness (QED) is 0.797. The van der Waals surface area contributed by atoms with E-state index >= 15 is 0 Å². The SMILES string of the molecule is CNC(CC(=O)O)(CC(C)C)c1ccccc1. The van der Waals surface area contributed by atoms with Crippen LogP contribution in [-0.4, -0.2) is 18.1 Å². The molecule has 94 valence electrons. The molecule has 1 aromatic rings. The van der Waals surface area contributed by atoms with Gasteiger partial charge in [-0.3, -0.25) is 4.79 Å². The zero-order valence-corrected chi connectivity index (χ0v) is 10.7. The zero-order valence-electron chi connectivity index (χ0n) is 10.7. The van der Waals surface area contributed by atoms with E-state index in [1.54, 1.807) is 0 Å². The van der Waals surface area contributed by atoms with Crippen molar-refractivity contribution in [1.29, 1.82) is 0 Å². The summed E-state index contributed by atoms with van der Waals surface area (Å²) in [6.45, 7) is 4.22. The molecule has 0 aromatic heterocycles. The molecule has 0 spiro atoms. The summed E-state index contributed by atoms with van der Waals surface area (Å²) < 4.78 is 0. The van der Waals surface area contributed by atoms with Gasteiger partial charge in [0.1, 0.15) is 0 Å². The zero-order chi connectivity index (χ0) is 12.9. The van der Waals surface area contributed by atoms with Crippen molar-refractivity contribution in [2.75, 3.05) is 7.05 Å². The van der Waals surface area contributed by atoms with Gasteiger partial charge in [0.15, 0.2) is 0 Å². The fourth-order valence-corrected chi connectivity index (χ4v) is 2.34. The average Bonchev–Trinajstić information content (AvgIpc) is 2.28. The van der Waals surface area contributed by atoms with Gasteiger partial charge in [-0.05, 0) is 24.9 Å². The van der Waals surface area contributed by atoms with Crippen molar-refractivity contribution in [3.05, 3.63) is 35.9 Å². The molecule has 0 aliphatic heterocycles. The summed E-state index contributed by atoms with van der Waals surface area (Å²) in [5.74, 6) is -0.342. The molecular formula is C14H21NO2. The maximum Gasteiger partial charge on any atom is 0.305 e. The van der Waals surface area contributed by atoms with Crippen molar-refractivity contribution in [1.82, 2.24) is 5.32 Å². The lowest BCUT2D eigenvalue weighted by atomic mass is 9.80. The molecule has 0 heterocycles. The fourth-order valence-electron chi connectivity index (χ4n) is 2.34. The highest BCUT2D eigenvalue weighted by atomic mass is 16.4. The number of aliphatic carboxylic acids is 1. The van der Waals surface area contributed by atoms with E-state index in [4.69, 9.17) is 5.11 Å². The third-order valence-electron chi connectivity index (χ3n) is 3.01. The van der Waals surface area contributed by atoms with Crippen LogP contribution in [0.1, 0.15) is 32.3 Å². The third-order valence-corrected chi connectivity index (χ3v) is 3.01. The smallest absolute Gasteiger partial charge is 0.305 e. The van der Waals surface area contributed by atoms with E-state index in [1.165, 1.54) is 0 Å². The number of nitrogens with one attached hydrogen (secondary N) is 1. The molecule has 0 radical (unpaired) electrons. The molecule has 0 saturated carbocycles. The topological polar surface area (TPSA) is 49.3 Å². The molecule has 0 bridgehead atoms. The minimum atomic E-state index is -0.774. The second-order valence-corrected chi connectivity index (χ2v) is 4.87. The first kappa shape index (κ1) is 13.7. The normalized spacial score (nSPS) is 14.6. The van der Waals surface area contributed by atoms with E-state index in [2.05, 4.69) is 19.2 Å². The number of carboxylic acid groups (broad SMARTS) is 1. The Balaban J connectivity index is 3.10. The van der Waals surface area contributed by atoms with Crippen LogP contribution in [-0.2, 0) is 10.3 Å². The Labute approximate surface area is 103 Å². The van der Waals surface area contributed by atoms with E-state index in [1.807, 2.05) is 37.4 Å². The van der Waals surface area contributed by atoms with Crippen molar-refractivity contribution in [3.8, 4) is 0 Å². The van der Waals surface area contributed by atoms with Crippen LogP contribution in [0.5, 0.6) is 0 Å². The van der Waals surface area contributed by atoms with Gasteiger partial charge in [0.05, 0.1) is 12.0 Å². The van der Waals surface area contributed by atoms with Crippen LogP contribution in [0.15, 0.2) is 30.3 Å². The summed E-state index contributed by atoms with van der Waals surface area (Å²) in [6, 6.07) is 9.82. The first-order chi connectivity index (χ1) is 8.00. The van der Waals surface area contributed by atoms with Gasteiger partial charge in [-0.15, -0.1) is 0 Å². The lowest BCUT2D eigenvalue weighted by Crippen LogP contribution is -2.43. The number of rotatable bonds is 6. The first-order valence-corrected chi connectivity index (χ1v) is 5.96. The molecule has 0 fully saturated rings. The summed E-state index contributed by atoms with van der Waals surface area (Å²) in [7, 11) is 1.83. The predicted octanol–water partition coefficient (Wildman–Crippen LogP) is 2.62. The molecule has 1 unspecified atom stereocenters. The second kappa shape index (κ2) is 5.82. The minimum Gasteiger partial charge on any atom is -0.481 e. The van der Waals surface area contributed by atoms with E-state index < -0.39 is 11.5 Å². The Morgan fingerprint density at radius 3 is 2.35 bits per heavy atom. The van der Waals surface area contributed by atoms with E-state index in [0.29, 0.717) is 5.92 Å². The van der Waals surface area contributed by atoms with Crippen molar-refractivity contribution in [3.63, 3.8) is 0 Å². The van der Waals surface area contributed by atoms with Crippen molar-refractivity contribution in [2.24, 2.45) is 5.92 Å². The predicted molar refractivity (Wildman–Crippen MR) is 68.9 cm³/mol. The van der Waals surface area contributed by atoms with Crippen LogP contribution in [0.25, 0.3) is 0 Å². The summed E-state index contributed by atoms with van der Waals surface area (Å²) in [4.78, 5) is 11.1. The van der Waals surface area contributed by atoms with Gasteiger partial charge in [-0.1, -0.05) is 44.2 Å². The average molecular weight is 235 g/mol. The number of carboxylic acids is 1. The Kier molecular flexibility index (Phi) is 4.70. The van der Waals surface area contributed by atoms with E-state index in [9.17, 15) is 4.79 Å². The van der Waals surface area contributed by atoms with Gasteiger partial charge in [0.25, 0.3) is 0 Å². The maximum atomic E-state index is 11.1. The summed E-state index contributed by atoms with van der Waals surface area (Å²) in [5, 5.41) is 12.3. The standard InChI is InChI=1S/C14H21NO2/c1-11(2)9-14(15-3,10-13(16)17)12-7-5-4-6-8-12/h4-8,11,15H,9-10H2,1-3H3,(H,16,17). The molecule has 0 aliphatic rings. The van der Waals surface area contributed by atoms with Gasteiger partial charge >= 0.3 is 5.97 Å². The fraction of sp³-hybridized carbons (Fsp3) is 0.500. The van der Waals surface area contributed by atoms with Gasteiger partial charge in [-0.25, -0.2) is 0 Å². The van der Waals surface area contributed by atoms with Crippen LogP contribution in [0.3, 0.4) is 0 Å². The molecule has 1 aromatic carbocycles. The van der Waals surface area contributed by atoms with Crippen molar-refractivity contribution in [2.45, 2.75) is 32.2 Å². The maximum absolute atomic E-state index is 11.1. The molecular weight excluding hydrogens is 214 g/mol. The van der Waals surface area contributed by atoms with Gasteiger partial charge in [0.2, 0.25) is 0 Å². The monoisotopic (exact) mass is 235 g/mol. The molecule has 2 N–H and O–H groups in total. The van der Waals surface area contributed by atoms with Crippen LogP contribution in [0.4, 0.5) is 0 Å². The minimum absolute atomic E-state index is 0.103. The molecule has 3 nitrogen and oxygen atoms in total. The molecule has 0 aliphatic carbocycles. The van der Waals surface area contributed by atoms with E-state index in [-0.39, 0.29) is 6.42 Å². The van der Waals surface area contributed by atoms with Crippen molar-refractivity contribution >= 4 is 5.97 Å². The Hall–Kier alpha value is -1.35. The Morgan fingerprint density at radius 2 is 1.94 bits per heavy atom. The molecule has 0 saturated heterocycles. The number of hydrogen-bond acceptors (Lipinski definition) is 2. The van der Waals surface area contributed by atoms with Gasteiger partial charge in [-0.2, -0.15) is 0 Å².